The van der Waals surface area contributed by atoms with Gasteiger partial charge in [0.15, 0.2) is 0 Å². The van der Waals surface area contributed by atoms with Crippen LogP contribution in [-0.2, 0) is 9.59 Å². The number of hydroxylamine groups is 1. The summed E-state index contributed by atoms with van der Waals surface area (Å²) < 4.78 is 0. The summed E-state index contributed by atoms with van der Waals surface area (Å²) in [4.78, 5) is 24.4. The van der Waals surface area contributed by atoms with Crippen LogP contribution in [-0.4, -0.2) is 35.0 Å². The minimum Gasteiger partial charge on any atom is -0.333 e. The van der Waals surface area contributed by atoms with E-state index in [1.54, 1.807) is 11.9 Å². The smallest absolute Gasteiger partial charge is 0.262 e. The summed E-state index contributed by atoms with van der Waals surface area (Å²) in [5.74, 6) is -0.133. The summed E-state index contributed by atoms with van der Waals surface area (Å²) in [7, 11) is 0. The van der Waals surface area contributed by atoms with Crippen LogP contribution in [0.15, 0.2) is 0 Å². The molecular formula is C12H23N2O3. The zero-order chi connectivity index (χ0) is 13.4. The van der Waals surface area contributed by atoms with Crippen LogP contribution in [0.4, 0.5) is 0 Å². The first-order chi connectivity index (χ1) is 7.86. The summed E-state index contributed by atoms with van der Waals surface area (Å²) in [6, 6.07) is 0. The Labute approximate surface area is 103 Å². The lowest BCUT2D eigenvalue weighted by Crippen LogP contribution is -2.41. The minimum atomic E-state index is -0.570. The molecule has 1 radical (unpaired) electrons. The van der Waals surface area contributed by atoms with Gasteiger partial charge < -0.3 is 4.90 Å². The average Bonchev–Trinajstić information content (AvgIpc) is 2.22. The van der Waals surface area contributed by atoms with Gasteiger partial charge >= 0.3 is 0 Å². The van der Waals surface area contributed by atoms with Gasteiger partial charge in [0, 0.05) is 6.54 Å². The van der Waals surface area contributed by atoms with Crippen molar-refractivity contribution in [1.29, 1.82) is 0 Å². The number of amides is 2. The summed E-state index contributed by atoms with van der Waals surface area (Å²) in [6.45, 7) is 8.34. The molecule has 99 valence electrons. The Kier molecular flexibility index (Phi) is 7.54. The van der Waals surface area contributed by atoms with E-state index >= 15 is 0 Å². The van der Waals surface area contributed by atoms with Crippen molar-refractivity contribution in [3.8, 4) is 0 Å². The third kappa shape index (κ3) is 7.74. The maximum Gasteiger partial charge on any atom is 0.262 e. The number of carbonyl (C=O) groups excluding carboxylic acids is 2. The molecule has 2 amide bonds. The van der Waals surface area contributed by atoms with Crippen LogP contribution in [0.5, 0.6) is 0 Å². The predicted octanol–water partition coefficient (Wildman–Crippen LogP) is 1.23. The molecule has 0 bridgehead atoms. The lowest BCUT2D eigenvalue weighted by molar-refractivity contribution is -0.137. The van der Waals surface area contributed by atoms with Gasteiger partial charge in [-0.1, -0.05) is 27.7 Å². The molecule has 0 fully saturated rings. The van der Waals surface area contributed by atoms with Crippen LogP contribution in [0, 0.1) is 18.3 Å². The molecule has 0 saturated heterocycles. The Morgan fingerprint density at radius 1 is 1.29 bits per heavy atom. The van der Waals surface area contributed by atoms with E-state index in [1.807, 2.05) is 13.8 Å². The highest BCUT2D eigenvalue weighted by Gasteiger charge is 2.18. The number of rotatable bonds is 7. The van der Waals surface area contributed by atoms with Crippen molar-refractivity contribution >= 4 is 11.8 Å². The van der Waals surface area contributed by atoms with Gasteiger partial charge in [-0.25, -0.2) is 5.48 Å². The van der Waals surface area contributed by atoms with Crippen molar-refractivity contribution in [3.05, 3.63) is 6.42 Å². The summed E-state index contributed by atoms with van der Waals surface area (Å²) in [5.41, 5.74) is 1.54. The molecule has 0 saturated carbocycles. The van der Waals surface area contributed by atoms with E-state index in [-0.39, 0.29) is 18.4 Å². The number of carbonyl (C=O) groups is 2. The Bertz CT molecular complexity index is 252. The van der Waals surface area contributed by atoms with E-state index in [1.165, 1.54) is 4.90 Å². The third-order valence-corrected chi connectivity index (χ3v) is 2.22. The molecule has 0 aromatic carbocycles. The average molecular weight is 243 g/mol. The van der Waals surface area contributed by atoms with E-state index in [2.05, 4.69) is 13.8 Å². The van der Waals surface area contributed by atoms with Gasteiger partial charge in [-0.05, 0) is 18.3 Å². The van der Waals surface area contributed by atoms with Crippen molar-refractivity contribution in [2.45, 2.75) is 34.1 Å². The first-order valence-electron chi connectivity index (χ1n) is 5.93. The number of nitrogens with one attached hydrogen (secondary N) is 1. The molecule has 0 atom stereocenters. The summed E-state index contributed by atoms with van der Waals surface area (Å²) >= 11 is 0. The molecule has 0 aromatic heterocycles. The Hall–Kier alpha value is -1.10. The lowest BCUT2D eigenvalue weighted by atomic mass is 10.1. The third-order valence-electron chi connectivity index (χ3n) is 2.22. The molecule has 0 aliphatic rings. The van der Waals surface area contributed by atoms with Crippen LogP contribution in [0.2, 0.25) is 0 Å². The van der Waals surface area contributed by atoms with Gasteiger partial charge in [0.05, 0.1) is 6.42 Å². The second-order valence-electron chi connectivity index (χ2n) is 4.89. The van der Waals surface area contributed by atoms with Crippen molar-refractivity contribution in [3.63, 3.8) is 0 Å². The van der Waals surface area contributed by atoms with Gasteiger partial charge in [0.1, 0.15) is 6.54 Å². The topological polar surface area (TPSA) is 69.6 Å². The fraction of sp³-hybridized carbons (Fsp3) is 0.750. The highest BCUT2D eigenvalue weighted by Crippen LogP contribution is 2.07. The standard InChI is InChI=1S/C12H23N2O3/c1-9(2)5-6-14(8-11(15)13-17)12(16)7-10(3)4/h7,9-10,17H,5-6,8H2,1-4H3,(H,13,15). The Morgan fingerprint density at radius 2 is 1.88 bits per heavy atom. The minimum absolute atomic E-state index is 0.106. The normalized spacial score (nSPS) is 10.8. The summed E-state index contributed by atoms with van der Waals surface area (Å²) in [5, 5.41) is 8.48. The van der Waals surface area contributed by atoms with E-state index in [4.69, 9.17) is 5.21 Å². The van der Waals surface area contributed by atoms with Crippen molar-refractivity contribution < 1.29 is 14.8 Å². The molecule has 0 aliphatic carbocycles. The fourth-order valence-electron chi connectivity index (χ4n) is 1.28. The molecule has 0 aliphatic heterocycles. The van der Waals surface area contributed by atoms with Gasteiger partial charge in [-0.2, -0.15) is 0 Å². The predicted molar refractivity (Wildman–Crippen MR) is 65.1 cm³/mol. The van der Waals surface area contributed by atoms with Crippen molar-refractivity contribution in [2.75, 3.05) is 13.1 Å². The molecule has 0 rings (SSSR count). The van der Waals surface area contributed by atoms with Crippen molar-refractivity contribution in [1.82, 2.24) is 10.4 Å². The largest absolute Gasteiger partial charge is 0.333 e. The van der Waals surface area contributed by atoms with E-state index in [9.17, 15) is 9.59 Å². The van der Waals surface area contributed by atoms with Crippen LogP contribution in [0.25, 0.3) is 0 Å². The van der Waals surface area contributed by atoms with E-state index in [0.717, 1.165) is 6.42 Å². The van der Waals surface area contributed by atoms with Gasteiger partial charge in [0.2, 0.25) is 5.91 Å². The molecule has 0 heterocycles. The monoisotopic (exact) mass is 243 g/mol. The zero-order valence-corrected chi connectivity index (χ0v) is 11.1. The maximum atomic E-state index is 11.8. The molecule has 0 aromatic rings. The molecule has 2 N–H and O–H groups in total. The number of hydrogen-bond donors (Lipinski definition) is 2. The highest BCUT2D eigenvalue weighted by molar-refractivity contribution is 5.89. The second-order valence-corrected chi connectivity index (χ2v) is 4.89. The molecule has 5 nitrogen and oxygen atoms in total. The number of nitrogens with zero attached hydrogens (tertiary/aromatic N) is 1. The van der Waals surface area contributed by atoms with E-state index in [0.29, 0.717) is 12.5 Å². The zero-order valence-electron chi connectivity index (χ0n) is 11.1. The first kappa shape index (κ1) is 15.9. The lowest BCUT2D eigenvalue weighted by Gasteiger charge is -2.23. The molecule has 5 heteroatoms. The van der Waals surface area contributed by atoms with E-state index < -0.39 is 5.91 Å². The number of hydrogen-bond acceptors (Lipinski definition) is 3. The second kappa shape index (κ2) is 8.06. The van der Waals surface area contributed by atoms with Crippen LogP contribution in [0.3, 0.4) is 0 Å². The first-order valence-corrected chi connectivity index (χ1v) is 5.93. The van der Waals surface area contributed by atoms with Crippen LogP contribution < -0.4 is 5.48 Å². The van der Waals surface area contributed by atoms with Crippen LogP contribution in [0.1, 0.15) is 34.1 Å². The quantitative estimate of drug-likeness (QED) is 0.522. The maximum absolute atomic E-state index is 11.8. The van der Waals surface area contributed by atoms with Gasteiger partial charge in [-0.15, -0.1) is 0 Å². The molecular weight excluding hydrogens is 220 g/mol. The Balaban J connectivity index is 4.37. The Morgan fingerprint density at radius 3 is 2.29 bits per heavy atom. The molecule has 0 spiro atoms. The highest BCUT2D eigenvalue weighted by atomic mass is 16.5. The van der Waals surface area contributed by atoms with Gasteiger partial charge in [0.25, 0.3) is 5.91 Å². The van der Waals surface area contributed by atoms with Crippen LogP contribution >= 0.6 is 0 Å². The SMILES string of the molecule is CC(C)[CH]C(=O)N(CCC(C)C)CC(=O)NO. The van der Waals surface area contributed by atoms with Crippen molar-refractivity contribution in [2.24, 2.45) is 11.8 Å². The fourth-order valence-corrected chi connectivity index (χ4v) is 1.28. The van der Waals surface area contributed by atoms with Gasteiger partial charge in [-0.3, -0.25) is 14.8 Å². The summed E-state index contributed by atoms with van der Waals surface area (Å²) in [6.07, 6.45) is 2.40. The molecule has 17 heavy (non-hydrogen) atoms. The molecule has 0 unspecified atom stereocenters.